The van der Waals surface area contributed by atoms with Crippen LogP contribution in [0.1, 0.15) is 10.7 Å². The highest BCUT2D eigenvalue weighted by molar-refractivity contribution is 5.84. The molecule has 112 valence electrons. The molecule has 0 amide bonds. The normalized spacial score (nSPS) is 10.1. The van der Waals surface area contributed by atoms with Crippen molar-refractivity contribution in [1.82, 2.24) is 10.2 Å². The lowest BCUT2D eigenvalue weighted by atomic mass is 10.2. The van der Waals surface area contributed by atoms with Crippen molar-refractivity contribution in [2.24, 2.45) is 0 Å². The van der Waals surface area contributed by atoms with Crippen LogP contribution < -0.4 is 14.2 Å². The average molecular weight is 294 g/mol. The zero-order valence-corrected chi connectivity index (χ0v) is 12.0. The summed E-state index contributed by atoms with van der Waals surface area (Å²) in [6.07, 6.45) is 0. The molecule has 0 aliphatic heterocycles. The predicted molar refractivity (Wildman–Crippen MR) is 70.7 cm³/mol. The van der Waals surface area contributed by atoms with Crippen LogP contribution in [0.25, 0.3) is 11.5 Å². The van der Waals surface area contributed by atoms with Gasteiger partial charge in [-0.1, -0.05) is 0 Å². The van der Waals surface area contributed by atoms with E-state index in [0.29, 0.717) is 22.8 Å². The average Bonchev–Trinajstić information content (AvgIpc) is 3.02. The van der Waals surface area contributed by atoms with Gasteiger partial charge in [0.05, 0.1) is 28.4 Å². The van der Waals surface area contributed by atoms with Gasteiger partial charge in [-0.3, -0.25) is 0 Å². The third-order valence-electron chi connectivity index (χ3n) is 2.70. The minimum Gasteiger partial charge on any atom is -0.493 e. The fourth-order valence-corrected chi connectivity index (χ4v) is 1.71. The van der Waals surface area contributed by atoms with Crippen molar-refractivity contribution in [2.75, 3.05) is 28.4 Å². The summed E-state index contributed by atoms with van der Waals surface area (Å²) in [4.78, 5) is 11.3. The molecule has 0 saturated heterocycles. The van der Waals surface area contributed by atoms with Gasteiger partial charge in [0.1, 0.15) is 0 Å². The number of methoxy groups -OCH3 is 4. The summed E-state index contributed by atoms with van der Waals surface area (Å²) in [6.45, 7) is 0. The Morgan fingerprint density at radius 3 is 2.10 bits per heavy atom. The first-order valence-electron chi connectivity index (χ1n) is 5.86. The highest BCUT2D eigenvalue weighted by Crippen LogP contribution is 2.40. The third-order valence-corrected chi connectivity index (χ3v) is 2.70. The van der Waals surface area contributed by atoms with Crippen molar-refractivity contribution in [2.45, 2.75) is 0 Å². The number of hydrogen-bond acceptors (Lipinski definition) is 8. The van der Waals surface area contributed by atoms with Crippen LogP contribution in [0.15, 0.2) is 16.5 Å². The van der Waals surface area contributed by atoms with E-state index in [-0.39, 0.29) is 11.8 Å². The molecule has 0 saturated carbocycles. The molecule has 0 N–H and O–H groups in total. The van der Waals surface area contributed by atoms with Gasteiger partial charge in [0, 0.05) is 5.56 Å². The summed E-state index contributed by atoms with van der Waals surface area (Å²) in [6, 6.07) is 3.27. The van der Waals surface area contributed by atoms with Crippen LogP contribution in [-0.2, 0) is 4.74 Å². The molecule has 2 rings (SSSR count). The van der Waals surface area contributed by atoms with Crippen molar-refractivity contribution >= 4 is 5.97 Å². The second kappa shape index (κ2) is 6.12. The van der Waals surface area contributed by atoms with Crippen LogP contribution in [0.4, 0.5) is 0 Å². The maximum Gasteiger partial charge on any atom is 0.396 e. The number of hydrogen-bond donors (Lipinski definition) is 0. The van der Waals surface area contributed by atoms with E-state index >= 15 is 0 Å². The van der Waals surface area contributed by atoms with Crippen molar-refractivity contribution in [1.29, 1.82) is 0 Å². The van der Waals surface area contributed by atoms with Crippen molar-refractivity contribution in [3.8, 4) is 28.7 Å². The number of ether oxygens (including phenoxy) is 4. The predicted octanol–water partition coefficient (Wildman–Crippen LogP) is 1.55. The summed E-state index contributed by atoms with van der Waals surface area (Å²) in [5, 5.41) is 7.41. The minimum atomic E-state index is -0.707. The topological polar surface area (TPSA) is 92.9 Å². The van der Waals surface area contributed by atoms with Crippen LogP contribution in [0, 0.1) is 0 Å². The number of esters is 1. The Kier molecular flexibility index (Phi) is 4.27. The molecule has 0 unspecified atom stereocenters. The number of carbonyl (C=O) groups is 1. The van der Waals surface area contributed by atoms with E-state index in [1.54, 1.807) is 12.1 Å². The summed E-state index contributed by atoms with van der Waals surface area (Å²) < 4.78 is 25.4. The van der Waals surface area contributed by atoms with Gasteiger partial charge in [0.25, 0.3) is 0 Å². The van der Waals surface area contributed by atoms with Crippen molar-refractivity contribution in [3.63, 3.8) is 0 Å². The fraction of sp³-hybridized carbons (Fsp3) is 0.308. The summed E-state index contributed by atoms with van der Waals surface area (Å²) >= 11 is 0. The fourth-order valence-electron chi connectivity index (χ4n) is 1.71. The molecule has 0 aliphatic rings. The number of carbonyl (C=O) groups excluding carboxylic acids is 1. The Bertz CT molecular complexity index is 627. The van der Waals surface area contributed by atoms with Gasteiger partial charge in [0.15, 0.2) is 11.5 Å². The molecule has 1 aromatic carbocycles. The molecule has 2 aromatic rings. The van der Waals surface area contributed by atoms with E-state index in [0.717, 1.165) is 0 Å². The highest BCUT2D eigenvalue weighted by atomic mass is 16.5. The molecule has 8 nitrogen and oxygen atoms in total. The molecule has 0 atom stereocenters. The maximum atomic E-state index is 11.3. The number of benzene rings is 1. The van der Waals surface area contributed by atoms with E-state index in [1.165, 1.54) is 28.4 Å². The Labute approximate surface area is 120 Å². The quantitative estimate of drug-likeness (QED) is 0.767. The molecule has 0 aliphatic carbocycles. The van der Waals surface area contributed by atoms with Gasteiger partial charge < -0.3 is 23.4 Å². The van der Waals surface area contributed by atoms with E-state index in [1.807, 2.05) is 0 Å². The first-order chi connectivity index (χ1) is 10.1. The third kappa shape index (κ3) is 2.73. The Balaban J connectivity index is 2.49. The van der Waals surface area contributed by atoms with Crippen LogP contribution >= 0.6 is 0 Å². The molecule has 0 bridgehead atoms. The van der Waals surface area contributed by atoms with E-state index in [9.17, 15) is 4.79 Å². The largest absolute Gasteiger partial charge is 0.493 e. The minimum absolute atomic E-state index is 0.134. The Morgan fingerprint density at radius 2 is 1.62 bits per heavy atom. The lowest BCUT2D eigenvalue weighted by Crippen LogP contribution is -2.00. The molecule has 21 heavy (non-hydrogen) atoms. The number of aromatic nitrogens is 2. The van der Waals surface area contributed by atoms with Crippen LogP contribution in [-0.4, -0.2) is 44.6 Å². The molecule has 0 radical (unpaired) electrons. The Morgan fingerprint density at radius 1 is 1.00 bits per heavy atom. The molecule has 1 aromatic heterocycles. The van der Waals surface area contributed by atoms with Gasteiger partial charge in [-0.05, 0) is 12.1 Å². The first-order valence-corrected chi connectivity index (χ1v) is 5.86. The molecule has 0 fully saturated rings. The van der Waals surface area contributed by atoms with Crippen molar-refractivity contribution in [3.05, 3.63) is 18.0 Å². The first kappa shape index (κ1) is 14.6. The monoisotopic (exact) mass is 294 g/mol. The maximum absolute atomic E-state index is 11.3. The second-order valence-corrected chi connectivity index (χ2v) is 3.82. The zero-order valence-electron chi connectivity index (χ0n) is 12.0. The standard InChI is InChI=1S/C13H14N2O6/c1-17-8-5-7(6-9(18-2)10(8)19-3)11-14-15-12(21-11)13(16)20-4/h5-6H,1-4H3. The SMILES string of the molecule is COC(=O)c1nnc(-c2cc(OC)c(OC)c(OC)c2)o1. The van der Waals surface area contributed by atoms with Crippen LogP contribution in [0.2, 0.25) is 0 Å². The van der Waals surface area contributed by atoms with Gasteiger partial charge in [0.2, 0.25) is 11.6 Å². The van der Waals surface area contributed by atoms with E-state index in [4.69, 9.17) is 18.6 Å². The lowest BCUT2D eigenvalue weighted by molar-refractivity contribution is 0.0556. The summed E-state index contributed by atoms with van der Waals surface area (Å²) in [7, 11) is 5.72. The molecular weight excluding hydrogens is 280 g/mol. The Hall–Kier alpha value is -2.77. The van der Waals surface area contributed by atoms with Gasteiger partial charge >= 0.3 is 11.9 Å². The van der Waals surface area contributed by atoms with Crippen LogP contribution in [0.5, 0.6) is 17.2 Å². The molecule has 1 heterocycles. The smallest absolute Gasteiger partial charge is 0.396 e. The van der Waals surface area contributed by atoms with Crippen molar-refractivity contribution < 1.29 is 28.2 Å². The summed E-state index contributed by atoms with van der Waals surface area (Å²) in [5.41, 5.74) is 0.521. The van der Waals surface area contributed by atoms with Gasteiger partial charge in [-0.2, -0.15) is 0 Å². The number of rotatable bonds is 5. The van der Waals surface area contributed by atoms with Crippen LogP contribution in [0.3, 0.4) is 0 Å². The second-order valence-electron chi connectivity index (χ2n) is 3.82. The van der Waals surface area contributed by atoms with Gasteiger partial charge in [-0.15, -0.1) is 10.2 Å². The number of nitrogens with zero attached hydrogens (tertiary/aromatic N) is 2. The molecular formula is C13H14N2O6. The summed E-state index contributed by atoms with van der Waals surface area (Å²) in [5.74, 6) is 0.503. The molecule has 0 spiro atoms. The molecule has 8 heteroatoms. The highest BCUT2D eigenvalue weighted by Gasteiger charge is 2.20. The van der Waals surface area contributed by atoms with Gasteiger partial charge in [-0.25, -0.2) is 4.79 Å². The lowest BCUT2D eigenvalue weighted by Gasteiger charge is -2.12. The zero-order chi connectivity index (χ0) is 15.4. The van der Waals surface area contributed by atoms with E-state index < -0.39 is 5.97 Å². The van der Waals surface area contributed by atoms with E-state index in [2.05, 4.69) is 14.9 Å².